The number of benzene rings is 1. The zero-order valence-electron chi connectivity index (χ0n) is 15.4. The van der Waals surface area contributed by atoms with E-state index in [9.17, 15) is 4.79 Å². The number of nitrogens with zero attached hydrogens (tertiary/aromatic N) is 2. The minimum absolute atomic E-state index is 0.0928. The first-order chi connectivity index (χ1) is 12.7. The second-order valence-electron chi connectivity index (χ2n) is 6.51. The molecule has 138 valence electrons. The Hall–Kier alpha value is -2.47. The molecule has 2 N–H and O–H groups in total. The highest BCUT2D eigenvalue weighted by Crippen LogP contribution is 2.26. The van der Waals surface area contributed by atoms with E-state index in [0.717, 1.165) is 44.1 Å². The van der Waals surface area contributed by atoms with Crippen molar-refractivity contribution in [2.45, 2.75) is 39.2 Å². The Labute approximate surface area is 154 Å². The first-order valence-electron chi connectivity index (χ1n) is 9.20. The van der Waals surface area contributed by atoms with Crippen molar-refractivity contribution < 1.29 is 9.53 Å². The fraction of sp³-hybridized carbons (Fsp3) is 0.450. The van der Waals surface area contributed by atoms with Crippen molar-refractivity contribution in [3.63, 3.8) is 0 Å². The normalized spacial score (nSPS) is 14.8. The Morgan fingerprint density at radius 3 is 2.62 bits per heavy atom. The highest BCUT2D eigenvalue weighted by atomic mass is 16.5. The molecule has 1 aromatic heterocycles. The quantitative estimate of drug-likeness (QED) is 0.834. The largest absolute Gasteiger partial charge is 0.381 e. The van der Waals surface area contributed by atoms with Crippen LogP contribution in [-0.2, 0) is 11.3 Å². The number of aryl methyl sites for hydroxylation is 1. The number of anilines is 1. The van der Waals surface area contributed by atoms with E-state index >= 15 is 0 Å². The summed E-state index contributed by atoms with van der Waals surface area (Å²) in [5, 5.41) is 6.11. The van der Waals surface area contributed by atoms with E-state index in [0.29, 0.717) is 23.9 Å². The van der Waals surface area contributed by atoms with Gasteiger partial charge in [-0.1, -0.05) is 12.1 Å². The number of carbonyl (C=O) groups is 1. The van der Waals surface area contributed by atoms with Crippen molar-refractivity contribution in [3.8, 4) is 0 Å². The van der Waals surface area contributed by atoms with Crippen LogP contribution in [0.4, 0.5) is 5.82 Å². The Morgan fingerprint density at radius 1 is 1.19 bits per heavy atom. The number of nitrogens with one attached hydrogen (secondary N) is 2. The summed E-state index contributed by atoms with van der Waals surface area (Å²) < 4.78 is 5.41. The molecule has 1 fully saturated rings. The minimum Gasteiger partial charge on any atom is -0.381 e. The zero-order valence-corrected chi connectivity index (χ0v) is 15.4. The molecule has 2 aromatic rings. The van der Waals surface area contributed by atoms with Crippen LogP contribution in [-0.4, -0.2) is 35.6 Å². The molecule has 0 aliphatic carbocycles. The van der Waals surface area contributed by atoms with Crippen molar-refractivity contribution in [2.75, 3.05) is 25.1 Å². The van der Waals surface area contributed by atoms with Gasteiger partial charge in [0, 0.05) is 31.4 Å². The van der Waals surface area contributed by atoms with E-state index < -0.39 is 0 Å². The summed E-state index contributed by atoms with van der Waals surface area (Å²) in [5.41, 5.74) is 2.74. The molecule has 6 heteroatoms. The van der Waals surface area contributed by atoms with Crippen LogP contribution in [0.15, 0.2) is 30.3 Å². The van der Waals surface area contributed by atoms with Crippen molar-refractivity contribution in [1.82, 2.24) is 15.3 Å². The van der Waals surface area contributed by atoms with Gasteiger partial charge in [-0.2, -0.15) is 0 Å². The molecule has 1 aromatic carbocycles. The molecule has 1 aliphatic rings. The Balaban J connectivity index is 1.59. The van der Waals surface area contributed by atoms with Gasteiger partial charge in [-0.05, 0) is 50.3 Å². The molecule has 0 saturated carbocycles. The van der Waals surface area contributed by atoms with Crippen LogP contribution in [0.3, 0.4) is 0 Å². The summed E-state index contributed by atoms with van der Waals surface area (Å²) in [6.45, 7) is 6.67. The summed E-state index contributed by atoms with van der Waals surface area (Å²) in [6.07, 6.45) is 2.10. The van der Waals surface area contributed by atoms with Crippen LogP contribution >= 0.6 is 0 Å². The number of aromatic nitrogens is 2. The summed E-state index contributed by atoms with van der Waals surface area (Å²) in [5.74, 6) is 1.91. The van der Waals surface area contributed by atoms with E-state index in [4.69, 9.17) is 4.74 Å². The third-order valence-electron chi connectivity index (χ3n) is 4.54. The average Bonchev–Trinajstić information content (AvgIpc) is 2.67. The number of carbonyl (C=O) groups excluding carboxylic acids is 1. The number of rotatable bonds is 6. The van der Waals surface area contributed by atoms with Gasteiger partial charge in [0.2, 0.25) is 0 Å². The summed E-state index contributed by atoms with van der Waals surface area (Å²) in [4.78, 5) is 21.1. The smallest absolute Gasteiger partial charge is 0.251 e. The Kier molecular flexibility index (Phi) is 6.17. The third kappa shape index (κ3) is 4.79. The molecule has 6 nitrogen and oxygen atoms in total. The van der Waals surface area contributed by atoms with Crippen LogP contribution in [0.25, 0.3) is 0 Å². The van der Waals surface area contributed by atoms with E-state index in [2.05, 4.69) is 32.7 Å². The topological polar surface area (TPSA) is 76.1 Å². The van der Waals surface area contributed by atoms with Crippen LogP contribution in [0.1, 0.15) is 53.1 Å². The van der Waals surface area contributed by atoms with E-state index in [-0.39, 0.29) is 5.91 Å². The summed E-state index contributed by atoms with van der Waals surface area (Å²) in [7, 11) is 0. The number of hydrogen-bond donors (Lipinski definition) is 2. The van der Waals surface area contributed by atoms with Crippen molar-refractivity contribution >= 4 is 11.7 Å². The molecular weight excluding hydrogens is 328 g/mol. The van der Waals surface area contributed by atoms with Crippen LogP contribution in [0.5, 0.6) is 0 Å². The highest BCUT2D eigenvalue weighted by molar-refractivity contribution is 5.94. The summed E-state index contributed by atoms with van der Waals surface area (Å²) in [6, 6.07) is 9.78. The fourth-order valence-corrected chi connectivity index (χ4v) is 3.20. The molecule has 1 amide bonds. The maximum absolute atomic E-state index is 12.4. The van der Waals surface area contributed by atoms with Crippen LogP contribution in [0.2, 0.25) is 0 Å². The van der Waals surface area contributed by atoms with E-state index in [1.807, 2.05) is 32.0 Å². The maximum atomic E-state index is 12.4. The van der Waals surface area contributed by atoms with Crippen molar-refractivity contribution in [3.05, 3.63) is 53.0 Å². The van der Waals surface area contributed by atoms with Gasteiger partial charge in [0.05, 0.1) is 12.2 Å². The van der Waals surface area contributed by atoms with Crippen molar-refractivity contribution in [1.29, 1.82) is 0 Å². The van der Waals surface area contributed by atoms with Gasteiger partial charge < -0.3 is 15.4 Å². The summed E-state index contributed by atoms with van der Waals surface area (Å²) >= 11 is 0. The lowest BCUT2D eigenvalue weighted by Crippen LogP contribution is -2.23. The van der Waals surface area contributed by atoms with Crippen LogP contribution < -0.4 is 10.6 Å². The second kappa shape index (κ2) is 8.76. The standard InChI is InChI=1S/C20H26N4O2/c1-3-21-19-12-18(23-14(2)24-19)13-22-20(25)17-6-4-15(5-7-17)16-8-10-26-11-9-16/h4-7,12,16H,3,8-11,13H2,1-2H3,(H,22,25)(H,21,23,24). The molecule has 26 heavy (non-hydrogen) atoms. The van der Waals surface area contributed by atoms with E-state index in [1.165, 1.54) is 5.56 Å². The maximum Gasteiger partial charge on any atom is 0.251 e. The monoisotopic (exact) mass is 354 g/mol. The van der Waals surface area contributed by atoms with Gasteiger partial charge in [-0.15, -0.1) is 0 Å². The Morgan fingerprint density at radius 2 is 1.92 bits per heavy atom. The lowest BCUT2D eigenvalue weighted by atomic mass is 9.91. The van der Waals surface area contributed by atoms with Gasteiger partial charge in [0.25, 0.3) is 5.91 Å². The molecule has 3 rings (SSSR count). The lowest BCUT2D eigenvalue weighted by molar-refractivity contribution is 0.0853. The zero-order chi connectivity index (χ0) is 18.4. The van der Waals surface area contributed by atoms with Gasteiger partial charge in [-0.3, -0.25) is 4.79 Å². The van der Waals surface area contributed by atoms with Gasteiger partial charge in [0.1, 0.15) is 11.6 Å². The Bertz CT molecular complexity index is 740. The van der Waals surface area contributed by atoms with Gasteiger partial charge in [0.15, 0.2) is 0 Å². The first kappa shape index (κ1) is 18.3. The predicted molar refractivity (Wildman–Crippen MR) is 101 cm³/mol. The molecule has 0 atom stereocenters. The molecule has 0 radical (unpaired) electrons. The molecule has 0 bridgehead atoms. The SMILES string of the molecule is CCNc1cc(CNC(=O)c2ccc(C3CCOCC3)cc2)nc(C)n1. The molecule has 2 heterocycles. The number of ether oxygens (including phenoxy) is 1. The van der Waals surface area contributed by atoms with Crippen molar-refractivity contribution in [2.24, 2.45) is 0 Å². The predicted octanol–water partition coefficient (Wildman–Crippen LogP) is 3.04. The molecule has 1 aliphatic heterocycles. The average molecular weight is 354 g/mol. The lowest BCUT2D eigenvalue weighted by Gasteiger charge is -2.22. The molecular formula is C20H26N4O2. The highest BCUT2D eigenvalue weighted by Gasteiger charge is 2.16. The third-order valence-corrected chi connectivity index (χ3v) is 4.54. The minimum atomic E-state index is -0.0928. The second-order valence-corrected chi connectivity index (χ2v) is 6.51. The van der Waals surface area contributed by atoms with Gasteiger partial charge in [-0.25, -0.2) is 9.97 Å². The molecule has 0 unspecified atom stereocenters. The number of amides is 1. The first-order valence-corrected chi connectivity index (χ1v) is 9.20. The molecule has 1 saturated heterocycles. The van der Waals surface area contributed by atoms with Crippen LogP contribution in [0, 0.1) is 6.92 Å². The molecule has 0 spiro atoms. The van der Waals surface area contributed by atoms with E-state index in [1.54, 1.807) is 0 Å². The number of hydrogen-bond acceptors (Lipinski definition) is 5. The fourth-order valence-electron chi connectivity index (χ4n) is 3.20. The van der Waals surface area contributed by atoms with Gasteiger partial charge >= 0.3 is 0 Å².